The zero-order chi connectivity index (χ0) is 15.4. The molecular formula is C19H18N2O. The van der Waals surface area contributed by atoms with E-state index in [4.69, 9.17) is 0 Å². The Kier molecular flexibility index (Phi) is 4.15. The third-order valence-electron chi connectivity index (χ3n) is 3.74. The summed E-state index contributed by atoms with van der Waals surface area (Å²) in [6.45, 7) is 2.10. The monoisotopic (exact) mass is 290 g/mol. The van der Waals surface area contributed by atoms with Gasteiger partial charge in [-0.2, -0.15) is 0 Å². The zero-order valence-electron chi connectivity index (χ0n) is 12.5. The molecule has 1 heterocycles. The number of amides is 1. The van der Waals surface area contributed by atoms with Crippen molar-refractivity contribution < 1.29 is 4.79 Å². The highest BCUT2D eigenvalue weighted by molar-refractivity contribution is 6.14. The predicted molar refractivity (Wildman–Crippen MR) is 89.5 cm³/mol. The van der Waals surface area contributed by atoms with Crippen LogP contribution in [0.1, 0.15) is 23.1 Å². The number of hydrogen-bond acceptors (Lipinski definition) is 2. The van der Waals surface area contributed by atoms with Gasteiger partial charge in [0, 0.05) is 6.42 Å². The van der Waals surface area contributed by atoms with Gasteiger partial charge < -0.3 is 5.32 Å². The molecule has 22 heavy (non-hydrogen) atoms. The molecule has 0 fully saturated rings. The van der Waals surface area contributed by atoms with Crippen molar-refractivity contribution in [3.63, 3.8) is 0 Å². The second-order valence-electron chi connectivity index (χ2n) is 5.38. The first-order chi connectivity index (χ1) is 10.7. The molecule has 1 aliphatic heterocycles. The summed E-state index contributed by atoms with van der Waals surface area (Å²) in [5.41, 5.74) is 4.02. The van der Waals surface area contributed by atoms with Crippen molar-refractivity contribution in [2.75, 3.05) is 0 Å². The lowest BCUT2D eigenvalue weighted by atomic mass is 10.0. The molecule has 0 spiro atoms. The molecule has 0 aromatic heterocycles. The van der Waals surface area contributed by atoms with E-state index in [9.17, 15) is 4.79 Å². The summed E-state index contributed by atoms with van der Waals surface area (Å²) in [5.74, 6) is 0.624. The Morgan fingerprint density at radius 1 is 1.00 bits per heavy atom. The van der Waals surface area contributed by atoms with Crippen LogP contribution < -0.4 is 5.32 Å². The fourth-order valence-corrected chi connectivity index (χ4v) is 2.49. The number of hydrogen-bond donors (Lipinski definition) is 1. The summed E-state index contributed by atoms with van der Waals surface area (Å²) in [6.07, 6.45) is 3.43. The molecule has 0 aliphatic carbocycles. The normalized spacial score (nSPS) is 15.8. The number of aryl methyl sites for hydroxylation is 2. The van der Waals surface area contributed by atoms with Crippen LogP contribution in [0.15, 0.2) is 65.3 Å². The number of rotatable bonds is 4. The summed E-state index contributed by atoms with van der Waals surface area (Å²) in [6, 6.07) is 18.1. The molecule has 0 saturated heterocycles. The predicted octanol–water partition coefficient (Wildman–Crippen LogP) is 3.50. The quantitative estimate of drug-likeness (QED) is 0.860. The first-order valence-corrected chi connectivity index (χ1v) is 7.42. The molecule has 3 rings (SSSR count). The van der Waals surface area contributed by atoms with Crippen LogP contribution in [0.3, 0.4) is 0 Å². The van der Waals surface area contributed by atoms with E-state index in [1.807, 2.05) is 48.5 Å². The van der Waals surface area contributed by atoms with Crippen LogP contribution in [-0.2, 0) is 11.2 Å². The van der Waals surface area contributed by atoms with E-state index in [0.29, 0.717) is 5.70 Å². The highest BCUT2D eigenvalue weighted by Crippen LogP contribution is 2.15. The minimum atomic E-state index is -0.122. The minimum absolute atomic E-state index is 0.122. The van der Waals surface area contributed by atoms with Crippen LogP contribution in [0.2, 0.25) is 0 Å². The van der Waals surface area contributed by atoms with E-state index in [1.165, 1.54) is 11.1 Å². The maximum atomic E-state index is 12.0. The summed E-state index contributed by atoms with van der Waals surface area (Å²) in [7, 11) is 0. The average Bonchev–Trinajstić information content (AvgIpc) is 2.88. The number of benzene rings is 2. The largest absolute Gasteiger partial charge is 0.309 e. The van der Waals surface area contributed by atoms with Crippen LogP contribution in [0.4, 0.5) is 0 Å². The highest BCUT2D eigenvalue weighted by atomic mass is 16.2. The van der Waals surface area contributed by atoms with Gasteiger partial charge in [-0.15, -0.1) is 0 Å². The molecule has 3 nitrogen and oxygen atoms in total. The van der Waals surface area contributed by atoms with E-state index in [0.717, 1.165) is 24.2 Å². The van der Waals surface area contributed by atoms with Gasteiger partial charge in [0.15, 0.2) is 0 Å². The third-order valence-corrected chi connectivity index (χ3v) is 3.74. The van der Waals surface area contributed by atoms with Gasteiger partial charge in [-0.1, -0.05) is 54.6 Å². The van der Waals surface area contributed by atoms with E-state index in [2.05, 4.69) is 29.4 Å². The van der Waals surface area contributed by atoms with Gasteiger partial charge >= 0.3 is 0 Å². The van der Waals surface area contributed by atoms with Crippen molar-refractivity contribution in [3.05, 3.63) is 77.0 Å². The molecule has 1 N–H and O–H groups in total. The molecule has 110 valence electrons. The first-order valence-electron chi connectivity index (χ1n) is 7.42. The lowest BCUT2D eigenvalue weighted by Crippen LogP contribution is -2.24. The molecule has 0 radical (unpaired) electrons. The number of nitrogens with one attached hydrogen (secondary N) is 1. The van der Waals surface area contributed by atoms with Gasteiger partial charge in [-0.3, -0.25) is 4.79 Å². The Morgan fingerprint density at radius 2 is 1.73 bits per heavy atom. The van der Waals surface area contributed by atoms with Crippen LogP contribution in [0.25, 0.3) is 6.08 Å². The van der Waals surface area contributed by atoms with Gasteiger partial charge in [0.05, 0.1) is 0 Å². The Labute approximate surface area is 130 Å². The molecule has 0 unspecified atom stereocenters. The van der Waals surface area contributed by atoms with E-state index in [-0.39, 0.29) is 5.91 Å². The molecule has 3 heteroatoms. The van der Waals surface area contributed by atoms with E-state index < -0.39 is 0 Å². The molecule has 0 bridgehead atoms. The summed E-state index contributed by atoms with van der Waals surface area (Å²) in [4.78, 5) is 16.4. The molecular weight excluding hydrogens is 272 g/mol. The summed E-state index contributed by atoms with van der Waals surface area (Å²) >= 11 is 0. The Hall–Kier alpha value is -2.68. The van der Waals surface area contributed by atoms with Crippen LogP contribution in [0.5, 0.6) is 0 Å². The van der Waals surface area contributed by atoms with Gasteiger partial charge in [0.1, 0.15) is 11.5 Å². The maximum absolute atomic E-state index is 12.0. The third kappa shape index (κ3) is 3.31. The fraction of sp³-hybridized carbons (Fsp3) is 0.158. The topological polar surface area (TPSA) is 41.5 Å². The number of amidine groups is 1. The van der Waals surface area contributed by atoms with Gasteiger partial charge in [-0.25, -0.2) is 4.99 Å². The second kappa shape index (κ2) is 6.39. The van der Waals surface area contributed by atoms with Gasteiger partial charge in [-0.05, 0) is 36.1 Å². The van der Waals surface area contributed by atoms with Crippen molar-refractivity contribution >= 4 is 17.8 Å². The van der Waals surface area contributed by atoms with Crippen molar-refractivity contribution in [2.45, 2.75) is 19.8 Å². The minimum Gasteiger partial charge on any atom is -0.309 e. The maximum Gasteiger partial charge on any atom is 0.275 e. The highest BCUT2D eigenvalue weighted by Gasteiger charge is 2.19. The van der Waals surface area contributed by atoms with Crippen LogP contribution in [0, 0.1) is 6.92 Å². The molecule has 0 saturated carbocycles. The smallest absolute Gasteiger partial charge is 0.275 e. The van der Waals surface area contributed by atoms with Crippen molar-refractivity contribution in [1.29, 1.82) is 0 Å². The summed E-state index contributed by atoms with van der Waals surface area (Å²) in [5, 5.41) is 2.86. The number of carbonyl (C=O) groups is 1. The first kappa shape index (κ1) is 14.3. The van der Waals surface area contributed by atoms with Crippen LogP contribution in [-0.4, -0.2) is 11.7 Å². The lowest BCUT2D eigenvalue weighted by molar-refractivity contribution is -0.115. The number of carbonyl (C=O) groups excluding carboxylic acids is 1. The Morgan fingerprint density at radius 3 is 2.50 bits per heavy atom. The molecule has 0 atom stereocenters. The lowest BCUT2D eigenvalue weighted by Gasteiger charge is -2.04. The molecule has 2 aromatic carbocycles. The van der Waals surface area contributed by atoms with E-state index >= 15 is 0 Å². The van der Waals surface area contributed by atoms with Gasteiger partial charge in [0.2, 0.25) is 0 Å². The molecule has 1 aliphatic rings. The van der Waals surface area contributed by atoms with Gasteiger partial charge in [0.25, 0.3) is 5.91 Å². The van der Waals surface area contributed by atoms with Crippen molar-refractivity contribution in [2.24, 2.45) is 4.99 Å². The Bertz CT molecular complexity index is 745. The summed E-state index contributed by atoms with van der Waals surface area (Å²) < 4.78 is 0. The molecule has 1 amide bonds. The molecule has 2 aromatic rings. The SMILES string of the molecule is Cc1ccccc1CCC1=N/C(=C/c2ccccc2)C(=O)N1. The number of nitrogens with zero attached hydrogens (tertiary/aromatic N) is 1. The second-order valence-corrected chi connectivity index (χ2v) is 5.38. The zero-order valence-corrected chi connectivity index (χ0v) is 12.5. The Balaban J connectivity index is 1.71. The number of aliphatic imine (C=N–C) groups is 1. The fourth-order valence-electron chi connectivity index (χ4n) is 2.49. The average molecular weight is 290 g/mol. The van der Waals surface area contributed by atoms with Crippen molar-refractivity contribution in [3.8, 4) is 0 Å². The standard InChI is InChI=1S/C19H18N2O/c1-14-7-5-6-10-16(14)11-12-18-20-17(19(22)21-18)13-15-8-3-2-4-9-15/h2-10,13H,11-12H2,1H3,(H,20,21,22)/b17-13+. The van der Waals surface area contributed by atoms with Crippen LogP contribution >= 0.6 is 0 Å². The van der Waals surface area contributed by atoms with Crippen molar-refractivity contribution in [1.82, 2.24) is 5.32 Å². The van der Waals surface area contributed by atoms with E-state index in [1.54, 1.807) is 0 Å².